The standard InChI is InChI=1S/C19H20N4O3S/c1-13-7-9-14(10-8-13)18(26)21-19(27)23-22-17(25)12-11-16(24)20-15-5-3-2-4-6-15/h2-10H,11-12H2,1H3,(H,20,24)(H,22,25)(H2,21,23,26,27). The van der Waals surface area contributed by atoms with Crippen LogP contribution in [0.2, 0.25) is 0 Å². The second kappa shape index (κ2) is 10.0. The Kier molecular flexibility index (Phi) is 7.45. The molecule has 4 N–H and O–H groups in total. The number of carbonyl (C=O) groups excluding carboxylic acids is 3. The Labute approximate surface area is 162 Å². The zero-order chi connectivity index (χ0) is 19.6. The van der Waals surface area contributed by atoms with Gasteiger partial charge in [0.2, 0.25) is 11.8 Å². The van der Waals surface area contributed by atoms with Crippen molar-refractivity contribution in [2.24, 2.45) is 0 Å². The average molecular weight is 384 g/mol. The Morgan fingerprint density at radius 2 is 1.48 bits per heavy atom. The van der Waals surface area contributed by atoms with Crippen LogP contribution in [-0.2, 0) is 9.59 Å². The van der Waals surface area contributed by atoms with E-state index in [0.717, 1.165) is 5.56 Å². The first-order valence-corrected chi connectivity index (χ1v) is 8.66. The quantitative estimate of drug-likeness (QED) is 0.467. The number of benzene rings is 2. The van der Waals surface area contributed by atoms with Crippen LogP contribution in [0, 0.1) is 6.92 Å². The fourth-order valence-electron chi connectivity index (χ4n) is 2.07. The van der Waals surface area contributed by atoms with Crippen molar-refractivity contribution in [1.82, 2.24) is 16.2 Å². The lowest BCUT2D eigenvalue weighted by molar-refractivity contribution is -0.124. The molecule has 8 heteroatoms. The molecule has 0 aromatic heterocycles. The van der Waals surface area contributed by atoms with Gasteiger partial charge in [0.1, 0.15) is 0 Å². The van der Waals surface area contributed by atoms with Crippen LogP contribution in [0.3, 0.4) is 0 Å². The highest BCUT2D eigenvalue weighted by Gasteiger charge is 2.10. The minimum atomic E-state index is -0.426. The molecule has 0 saturated carbocycles. The highest BCUT2D eigenvalue weighted by atomic mass is 32.1. The van der Waals surface area contributed by atoms with E-state index in [-0.39, 0.29) is 29.8 Å². The average Bonchev–Trinajstić information content (AvgIpc) is 2.66. The number of anilines is 1. The van der Waals surface area contributed by atoms with Crippen LogP contribution in [0.5, 0.6) is 0 Å². The molecule has 140 valence electrons. The van der Waals surface area contributed by atoms with Crippen LogP contribution in [0.1, 0.15) is 28.8 Å². The summed E-state index contributed by atoms with van der Waals surface area (Å²) in [5, 5.41) is 5.10. The molecule has 0 bridgehead atoms. The predicted molar refractivity (Wildman–Crippen MR) is 107 cm³/mol. The fraction of sp³-hybridized carbons (Fsp3) is 0.158. The summed E-state index contributed by atoms with van der Waals surface area (Å²) in [7, 11) is 0. The molecule has 0 aliphatic heterocycles. The monoisotopic (exact) mass is 384 g/mol. The van der Waals surface area contributed by atoms with Gasteiger partial charge in [-0.3, -0.25) is 30.6 Å². The first kappa shape index (κ1) is 20.1. The third kappa shape index (κ3) is 7.25. The summed E-state index contributed by atoms with van der Waals surface area (Å²) in [6.07, 6.45) is -0.00885. The molecule has 0 radical (unpaired) electrons. The summed E-state index contributed by atoms with van der Waals surface area (Å²) < 4.78 is 0. The number of hydrazine groups is 1. The normalized spacial score (nSPS) is 9.81. The lowest BCUT2D eigenvalue weighted by atomic mass is 10.1. The van der Waals surface area contributed by atoms with Crippen molar-refractivity contribution in [3.63, 3.8) is 0 Å². The molecule has 0 saturated heterocycles. The lowest BCUT2D eigenvalue weighted by Crippen LogP contribution is -2.48. The summed E-state index contributed by atoms with van der Waals surface area (Å²) >= 11 is 4.96. The summed E-state index contributed by atoms with van der Waals surface area (Å²) in [6, 6.07) is 15.9. The molecular formula is C19H20N4O3S. The maximum absolute atomic E-state index is 12.0. The van der Waals surface area contributed by atoms with Crippen LogP contribution in [0.15, 0.2) is 54.6 Å². The van der Waals surface area contributed by atoms with E-state index in [9.17, 15) is 14.4 Å². The molecule has 0 atom stereocenters. The Morgan fingerprint density at radius 3 is 2.15 bits per heavy atom. The van der Waals surface area contributed by atoms with Crippen LogP contribution in [0.4, 0.5) is 5.69 Å². The highest BCUT2D eigenvalue weighted by Crippen LogP contribution is 2.06. The number of para-hydroxylation sites is 1. The fourth-order valence-corrected chi connectivity index (χ4v) is 2.22. The van der Waals surface area contributed by atoms with E-state index >= 15 is 0 Å². The molecule has 2 rings (SSSR count). The first-order chi connectivity index (χ1) is 12.9. The van der Waals surface area contributed by atoms with E-state index in [4.69, 9.17) is 12.2 Å². The highest BCUT2D eigenvalue weighted by molar-refractivity contribution is 7.80. The van der Waals surface area contributed by atoms with Gasteiger partial charge in [0, 0.05) is 24.1 Å². The van der Waals surface area contributed by atoms with Crippen molar-refractivity contribution in [1.29, 1.82) is 0 Å². The van der Waals surface area contributed by atoms with Gasteiger partial charge in [0.05, 0.1) is 0 Å². The van der Waals surface area contributed by atoms with Crippen molar-refractivity contribution in [3.8, 4) is 0 Å². The number of amides is 3. The molecule has 2 aromatic carbocycles. The maximum Gasteiger partial charge on any atom is 0.257 e. The third-order valence-electron chi connectivity index (χ3n) is 3.49. The molecule has 0 aliphatic rings. The molecule has 0 unspecified atom stereocenters. The molecule has 0 aliphatic carbocycles. The smallest absolute Gasteiger partial charge is 0.257 e. The van der Waals surface area contributed by atoms with E-state index in [2.05, 4.69) is 21.5 Å². The molecular weight excluding hydrogens is 364 g/mol. The number of aryl methyl sites for hydroxylation is 1. The molecule has 0 heterocycles. The van der Waals surface area contributed by atoms with Crippen LogP contribution < -0.4 is 21.5 Å². The molecule has 0 fully saturated rings. The minimum absolute atomic E-state index is 0.0187. The van der Waals surface area contributed by atoms with E-state index in [1.54, 1.807) is 36.4 Å². The van der Waals surface area contributed by atoms with Crippen molar-refractivity contribution in [2.45, 2.75) is 19.8 Å². The van der Waals surface area contributed by atoms with E-state index < -0.39 is 5.91 Å². The Bertz CT molecular complexity index is 823. The van der Waals surface area contributed by atoms with Gasteiger partial charge < -0.3 is 5.32 Å². The summed E-state index contributed by atoms with van der Waals surface area (Å²) in [5.41, 5.74) is 6.94. The lowest BCUT2D eigenvalue weighted by Gasteiger charge is -2.11. The first-order valence-electron chi connectivity index (χ1n) is 8.26. The van der Waals surface area contributed by atoms with E-state index in [1.807, 2.05) is 25.1 Å². The SMILES string of the molecule is Cc1ccc(C(=O)NC(=S)NNC(=O)CCC(=O)Nc2ccccc2)cc1. The molecule has 3 amide bonds. The minimum Gasteiger partial charge on any atom is -0.326 e. The van der Waals surface area contributed by atoms with E-state index in [0.29, 0.717) is 11.3 Å². The number of hydrogen-bond acceptors (Lipinski definition) is 4. The molecule has 0 spiro atoms. The molecule has 7 nitrogen and oxygen atoms in total. The van der Waals surface area contributed by atoms with Gasteiger partial charge in [-0.25, -0.2) is 0 Å². The Morgan fingerprint density at radius 1 is 0.852 bits per heavy atom. The van der Waals surface area contributed by atoms with Gasteiger partial charge in [-0.2, -0.15) is 0 Å². The zero-order valence-electron chi connectivity index (χ0n) is 14.7. The van der Waals surface area contributed by atoms with Gasteiger partial charge in [0.15, 0.2) is 5.11 Å². The van der Waals surface area contributed by atoms with Crippen molar-refractivity contribution >= 4 is 40.7 Å². The number of thiocarbonyl (C=S) groups is 1. The molecule has 27 heavy (non-hydrogen) atoms. The number of carbonyl (C=O) groups is 3. The largest absolute Gasteiger partial charge is 0.326 e. The van der Waals surface area contributed by atoms with Crippen LogP contribution in [0.25, 0.3) is 0 Å². The number of nitrogens with one attached hydrogen (secondary N) is 4. The van der Waals surface area contributed by atoms with Crippen LogP contribution in [-0.4, -0.2) is 22.8 Å². The van der Waals surface area contributed by atoms with Crippen molar-refractivity contribution < 1.29 is 14.4 Å². The topological polar surface area (TPSA) is 99.3 Å². The Hall–Kier alpha value is -3.26. The zero-order valence-corrected chi connectivity index (χ0v) is 15.6. The van der Waals surface area contributed by atoms with Crippen LogP contribution >= 0.6 is 12.2 Å². The Balaban J connectivity index is 1.67. The second-order valence-corrected chi connectivity index (χ2v) is 6.14. The van der Waals surface area contributed by atoms with Crippen molar-refractivity contribution in [2.75, 3.05) is 5.32 Å². The maximum atomic E-state index is 12.0. The predicted octanol–water partition coefficient (Wildman–Crippen LogP) is 2.05. The second-order valence-electron chi connectivity index (χ2n) is 5.74. The number of hydrogen-bond donors (Lipinski definition) is 4. The molecule has 2 aromatic rings. The van der Waals surface area contributed by atoms with Gasteiger partial charge in [-0.1, -0.05) is 35.9 Å². The third-order valence-corrected chi connectivity index (χ3v) is 3.70. The van der Waals surface area contributed by atoms with Gasteiger partial charge in [-0.05, 0) is 43.4 Å². The number of rotatable bonds is 5. The summed E-state index contributed by atoms with van der Waals surface area (Å²) in [6.45, 7) is 1.92. The van der Waals surface area contributed by atoms with Gasteiger partial charge in [0.25, 0.3) is 5.91 Å². The van der Waals surface area contributed by atoms with Gasteiger partial charge in [-0.15, -0.1) is 0 Å². The summed E-state index contributed by atoms with van der Waals surface area (Å²) in [4.78, 5) is 35.6. The summed E-state index contributed by atoms with van der Waals surface area (Å²) in [5.74, 6) is -1.08. The van der Waals surface area contributed by atoms with Crippen molar-refractivity contribution in [3.05, 3.63) is 65.7 Å². The van der Waals surface area contributed by atoms with E-state index in [1.165, 1.54) is 0 Å². The van der Waals surface area contributed by atoms with Gasteiger partial charge >= 0.3 is 0 Å².